The molecule has 0 spiro atoms. The molecule has 4 heteroatoms. The zero-order valence-electron chi connectivity index (χ0n) is 12.6. The van der Waals surface area contributed by atoms with Gasteiger partial charge in [0.2, 0.25) is 5.91 Å². The standard InChI is InChI=1S/C17H22N2O2/c1-13-7-8-15(19-11-5-6-16(19)20)14(12-13)17(21)18-9-3-2-4-10-18/h7-8,12H,2-6,9-11H2,1H3. The first-order valence-electron chi connectivity index (χ1n) is 7.87. The van der Waals surface area contributed by atoms with Crippen LogP contribution in [-0.4, -0.2) is 36.3 Å². The van der Waals surface area contributed by atoms with Gasteiger partial charge in [-0.25, -0.2) is 0 Å². The smallest absolute Gasteiger partial charge is 0.255 e. The van der Waals surface area contributed by atoms with Gasteiger partial charge in [-0.05, 0) is 44.7 Å². The van der Waals surface area contributed by atoms with Crippen molar-refractivity contribution < 1.29 is 9.59 Å². The van der Waals surface area contributed by atoms with E-state index in [1.807, 2.05) is 30.0 Å². The minimum absolute atomic E-state index is 0.0769. The van der Waals surface area contributed by atoms with E-state index < -0.39 is 0 Å². The lowest BCUT2D eigenvalue weighted by atomic mass is 10.0. The van der Waals surface area contributed by atoms with Crippen molar-refractivity contribution in [3.05, 3.63) is 29.3 Å². The molecule has 2 saturated heterocycles. The molecule has 3 rings (SSSR count). The Hall–Kier alpha value is -1.84. The number of carbonyl (C=O) groups excluding carboxylic acids is 2. The zero-order valence-corrected chi connectivity index (χ0v) is 12.6. The predicted molar refractivity (Wildman–Crippen MR) is 82.5 cm³/mol. The highest BCUT2D eigenvalue weighted by Gasteiger charge is 2.28. The summed E-state index contributed by atoms with van der Waals surface area (Å²) in [4.78, 5) is 28.5. The van der Waals surface area contributed by atoms with Gasteiger partial charge in [0.15, 0.2) is 0 Å². The van der Waals surface area contributed by atoms with E-state index in [4.69, 9.17) is 0 Å². The molecule has 1 aromatic rings. The molecule has 2 aliphatic rings. The minimum atomic E-state index is 0.0769. The summed E-state index contributed by atoms with van der Waals surface area (Å²) in [5.41, 5.74) is 2.54. The van der Waals surface area contributed by atoms with Crippen molar-refractivity contribution in [1.82, 2.24) is 4.90 Å². The van der Waals surface area contributed by atoms with Crippen LogP contribution < -0.4 is 4.90 Å². The van der Waals surface area contributed by atoms with Crippen molar-refractivity contribution in [2.45, 2.75) is 39.0 Å². The SMILES string of the molecule is Cc1ccc(N2CCCC2=O)c(C(=O)N2CCCCC2)c1. The number of anilines is 1. The third kappa shape index (κ3) is 2.80. The highest BCUT2D eigenvalue weighted by Crippen LogP contribution is 2.28. The van der Waals surface area contributed by atoms with Crippen LogP contribution in [-0.2, 0) is 4.79 Å². The summed E-state index contributed by atoms with van der Waals surface area (Å²) >= 11 is 0. The molecule has 21 heavy (non-hydrogen) atoms. The molecule has 0 N–H and O–H groups in total. The molecule has 0 aromatic heterocycles. The van der Waals surface area contributed by atoms with Gasteiger partial charge in [-0.3, -0.25) is 9.59 Å². The Morgan fingerprint density at radius 1 is 1.05 bits per heavy atom. The summed E-state index contributed by atoms with van der Waals surface area (Å²) in [5, 5.41) is 0. The van der Waals surface area contributed by atoms with Crippen LogP contribution in [0, 0.1) is 6.92 Å². The molecule has 1 aromatic carbocycles. The normalized spacial score (nSPS) is 19.2. The van der Waals surface area contributed by atoms with E-state index in [1.165, 1.54) is 6.42 Å². The molecule has 2 aliphatic heterocycles. The number of amides is 2. The van der Waals surface area contributed by atoms with Crippen LogP contribution in [0.25, 0.3) is 0 Å². The van der Waals surface area contributed by atoms with Crippen LogP contribution >= 0.6 is 0 Å². The van der Waals surface area contributed by atoms with Crippen molar-refractivity contribution in [1.29, 1.82) is 0 Å². The van der Waals surface area contributed by atoms with Gasteiger partial charge in [-0.1, -0.05) is 11.6 Å². The van der Waals surface area contributed by atoms with Crippen molar-refractivity contribution in [3.8, 4) is 0 Å². The summed E-state index contributed by atoms with van der Waals surface area (Å²) in [7, 11) is 0. The van der Waals surface area contributed by atoms with E-state index in [0.29, 0.717) is 12.0 Å². The van der Waals surface area contributed by atoms with Gasteiger partial charge in [0.25, 0.3) is 5.91 Å². The van der Waals surface area contributed by atoms with Gasteiger partial charge in [0, 0.05) is 26.1 Å². The van der Waals surface area contributed by atoms with E-state index in [2.05, 4.69) is 0 Å². The Morgan fingerprint density at radius 3 is 2.48 bits per heavy atom. The predicted octanol–water partition coefficient (Wildman–Crippen LogP) is 2.75. The Kier molecular flexibility index (Phi) is 3.95. The minimum Gasteiger partial charge on any atom is -0.339 e. The molecule has 2 heterocycles. The van der Waals surface area contributed by atoms with E-state index in [0.717, 1.165) is 50.1 Å². The summed E-state index contributed by atoms with van der Waals surface area (Å²) in [6, 6.07) is 5.83. The Labute approximate surface area is 125 Å². The topological polar surface area (TPSA) is 40.6 Å². The number of aryl methyl sites for hydroxylation is 1. The van der Waals surface area contributed by atoms with Crippen molar-refractivity contribution in [2.75, 3.05) is 24.5 Å². The van der Waals surface area contributed by atoms with E-state index in [9.17, 15) is 9.59 Å². The number of carbonyl (C=O) groups is 2. The number of nitrogens with zero attached hydrogens (tertiary/aromatic N) is 2. The fourth-order valence-corrected chi connectivity index (χ4v) is 3.23. The molecule has 0 bridgehead atoms. The molecule has 2 fully saturated rings. The van der Waals surface area contributed by atoms with Gasteiger partial charge >= 0.3 is 0 Å². The van der Waals surface area contributed by atoms with Crippen molar-refractivity contribution >= 4 is 17.5 Å². The van der Waals surface area contributed by atoms with Crippen LogP contribution in [0.4, 0.5) is 5.69 Å². The summed E-state index contributed by atoms with van der Waals surface area (Å²) in [6.45, 7) is 4.38. The van der Waals surface area contributed by atoms with E-state index in [-0.39, 0.29) is 11.8 Å². The number of rotatable bonds is 2. The lowest BCUT2D eigenvalue weighted by Gasteiger charge is -2.29. The van der Waals surface area contributed by atoms with Crippen LogP contribution in [0.1, 0.15) is 48.0 Å². The van der Waals surface area contributed by atoms with E-state index in [1.54, 1.807) is 4.90 Å². The van der Waals surface area contributed by atoms with Crippen LogP contribution in [0.5, 0.6) is 0 Å². The van der Waals surface area contributed by atoms with Gasteiger partial charge < -0.3 is 9.80 Å². The first kappa shape index (κ1) is 14.1. The second kappa shape index (κ2) is 5.88. The third-order valence-electron chi connectivity index (χ3n) is 4.39. The number of likely N-dealkylation sites (tertiary alicyclic amines) is 1. The molecule has 0 aliphatic carbocycles. The third-order valence-corrected chi connectivity index (χ3v) is 4.39. The maximum absolute atomic E-state index is 12.8. The van der Waals surface area contributed by atoms with Crippen LogP contribution in [0.3, 0.4) is 0 Å². The monoisotopic (exact) mass is 286 g/mol. The van der Waals surface area contributed by atoms with Gasteiger partial charge in [-0.2, -0.15) is 0 Å². The quantitative estimate of drug-likeness (QED) is 0.838. The molecule has 2 amide bonds. The lowest BCUT2D eigenvalue weighted by molar-refractivity contribution is -0.117. The number of hydrogen-bond donors (Lipinski definition) is 0. The molecular weight excluding hydrogens is 264 g/mol. The Morgan fingerprint density at radius 2 is 1.81 bits per heavy atom. The number of benzene rings is 1. The molecular formula is C17H22N2O2. The molecule has 0 radical (unpaired) electrons. The fourth-order valence-electron chi connectivity index (χ4n) is 3.23. The molecule has 4 nitrogen and oxygen atoms in total. The second-order valence-corrected chi connectivity index (χ2v) is 6.02. The van der Waals surface area contributed by atoms with E-state index >= 15 is 0 Å². The number of hydrogen-bond acceptors (Lipinski definition) is 2. The first-order chi connectivity index (χ1) is 10.2. The van der Waals surface area contributed by atoms with Crippen molar-refractivity contribution in [3.63, 3.8) is 0 Å². The zero-order chi connectivity index (χ0) is 14.8. The summed E-state index contributed by atoms with van der Waals surface area (Å²) < 4.78 is 0. The molecule has 0 saturated carbocycles. The van der Waals surface area contributed by atoms with Gasteiger partial charge in [0.05, 0.1) is 11.3 Å². The Bertz CT molecular complexity index is 562. The summed E-state index contributed by atoms with van der Waals surface area (Å²) in [6.07, 6.45) is 4.83. The van der Waals surface area contributed by atoms with Crippen molar-refractivity contribution in [2.24, 2.45) is 0 Å². The van der Waals surface area contributed by atoms with Gasteiger partial charge in [-0.15, -0.1) is 0 Å². The molecule has 0 atom stereocenters. The second-order valence-electron chi connectivity index (χ2n) is 6.02. The van der Waals surface area contributed by atoms with Gasteiger partial charge in [0.1, 0.15) is 0 Å². The average molecular weight is 286 g/mol. The largest absolute Gasteiger partial charge is 0.339 e. The highest BCUT2D eigenvalue weighted by molar-refractivity contribution is 6.05. The number of piperidine rings is 1. The highest BCUT2D eigenvalue weighted by atomic mass is 16.2. The average Bonchev–Trinajstić information content (AvgIpc) is 2.93. The summed E-state index contributed by atoms with van der Waals surface area (Å²) in [5.74, 6) is 0.208. The Balaban J connectivity index is 1.94. The maximum Gasteiger partial charge on any atom is 0.255 e. The molecule has 0 unspecified atom stereocenters. The first-order valence-corrected chi connectivity index (χ1v) is 7.87. The molecule has 112 valence electrons. The lowest BCUT2D eigenvalue weighted by Crippen LogP contribution is -2.37. The fraction of sp³-hybridized carbons (Fsp3) is 0.529. The maximum atomic E-state index is 12.8. The van der Waals surface area contributed by atoms with Crippen LogP contribution in [0.2, 0.25) is 0 Å². The van der Waals surface area contributed by atoms with Crippen LogP contribution in [0.15, 0.2) is 18.2 Å².